The van der Waals surface area contributed by atoms with E-state index in [0.717, 1.165) is 18.5 Å². The van der Waals surface area contributed by atoms with E-state index in [9.17, 15) is 13.2 Å². The van der Waals surface area contributed by atoms with Crippen molar-refractivity contribution in [2.45, 2.75) is 31.9 Å². The maximum absolute atomic E-state index is 13.0. The van der Waals surface area contributed by atoms with Gasteiger partial charge in [0.15, 0.2) is 0 Å². The van der Waals surface area contributed by atoms with E-state index in [2.05, 4.69) is 11.9 Å². The van der Waals surface area contributed by atoms with Gasteiger partial charge in [-0.15, -0.1) is 0 Å². The number of rotatable bonds is 1. The first kappa shape index (κ1) is 13.3. The molecule has 1 fully saturated rings. The molecule has 2 nitrogen and oxygen atoms in total. The molecule has 100 valence electrons. The minimum atomic E-state index is -4.35. The molecule has 0 saturated heterocycles. The third-order valence-electron chi connectivity index (χ3n) is 3.65. The summed E-state index contributed by atoms with van der Waals surface area (Å²) in [5.74, 6) is 0.974. The van der Waals surface area contributed by atoms with Crippen molar-refractivity contribution in [1.82, 2.24) is 9.38 Å². The van der Waals surface area contributed by atoms with Gasteiger partial charge in [0.1, 0.15) is 0 Å². The van der Waals surface area contributed by atoms with Crippen LogP contribution in [0.1, 0.15) is 36.9 Å². The van der Waals surface area contributed by atoms with Crippen LogP contribution >= 0.6 is 0 Å². The third-order valence-corrected chi connectivity index (χ3v) is 4.35. The normalized spacial score (nSPS) is 23.6. The van der Waals surface area contributed by atoms with E-state index in [0.29, 0.717) is 15.3 Å². The van der Waals surface area contributed by atoms with E-state index in [1.54, 1.807) is 12.4 Å². The Morgan fingerprint density at radius 3 is 2.58 bits per heavy atom. The van der Waals surface area contributed by atoms with Crippen LogP contribution in [0.4, 0.5) is 13.2 Å². The van der Waals surface area contributed by atoms with Crippen molar-refractivity contribution >= 4 is 32.2 Å². The molecule has 0 amide bonds. The van der Waals surface area contributed by atoms with Gasteiger partial charge in [0, 0.05) is 0 Å². The van der Waals surface area contributed by atoms with E-state index in [1.807, 2.05) is 0 Å². The Balaban J connectivity index is 2.11. The van der Waals surface area contributed by atoms with Crippen molar-refractivity contribution in [3.05, 3.63) is 29.7 Å². The molecule has 6 heteroatoms. The van der Waals surface area contributed by atoms with Crippen LogP contribution in [0, 0.1) is 5.92 Å². The topological polar surface area (TPSA) is 17.3 Å². The van der Waals surface area contributed by atoms with Crippen molar-refractivity contribution in [2.75, 3.05) is 0 Å². The molecule has 0 aromatic carbocycles. The minimum absolute atomic E-state index is 0.0290. The number of fused-ring (bicyclic) bond motifs is 1. The van der Waals surface area contributed by atoms with Crippen LogP contribution in [0.15, 0.2) is 18.5 Å². The average molecular weight is 375 g/mol. The monoisotopic (exact) mass is 374 g/mol. The molecular weight excluding hydrogens is 363 g/mol. The first-order chi connectivity index (χ1) is 8.84. The molecule has 3 rings (SSSR count). The van der Waals surface area contributed by atoms with Gasteiger partial charge in [-0.1, -0.05) is 0 Å². The van der Waals surface area contributed by atoms with Gasteiger partial charge in [-0.3, -0.25) is 0 Å². The summed E-state index contributed by atoms with van der Waals surface area (Å²) in [5, 5.41) is 0. The molecule has 0 spiro atoms. The molecule has 1 aliphatic rings. The van der Waals surface area contributed by atoms with Crippen molar-refractivity contribution in [1.29, 1.82) is 0 Å². The van der Waals surface area contributed by atoms with E-state index in [1.165, 1.54) is 33.5 Å². The van der Waals surface area contributed by atoms with Crippen LogP contribution in [-0.2, 0) is 6.18 Å². The van der Waals surface area contributed by atoms with Gasteiger partial charge in [0.2, 0.25) is 0 Å². The molecule has 2 aromatic rings. The maximum atomic E-state index is 13.0. The van der Waals surface area contributed by atoms with Gasteiger partial charge in [-0.25, -0.2) is 0 Å². The third kappa shape index (κ3) is 2.37. The SMILES string of the molecule is CC1CC(c2cn3c[c]([Sb])cc(C(F)(F)F)c3n2)C1. The Kier molecular flexibility index (Phi) is 3.08. The van der Waals surface area contributed by atoms with Crippen LogP contribution in [0.2, 0.25) is 0 Å². The summed E-state index contributed by atoms with van der Waals surface area (Å²) in [6.45, 7) is 2.15. The fourth-order valence-electron chi connectivity index (χ4n) is 2.65. The molecule has 0 unspecified atom stereocenters. The molecule has 0 bridgehead atoms. The van der Waals surface area contributed by atoms with Crippen molar-refractivity contribution in [3.63, 3.8) is 0 Å². The average Bonchev–Trinajstić information content (AvgIpc) is 2.65. The summed E-state index contributed by atoms with van der Waals surface area (Å²) in [6.07, 6.45) is 1.16. The molecule has 0 atom stereocenters. The summed E-state index contributed by atoms with van der Waals surface area (Å²) < 4.78 is 41.2. The van der Waals surface area contributed by atoms with Gasteiger partial charge in [0.05, 0.1) is 0 Å². The predicted octanol–water partition coefficient (Wildman–Crippen LogP) is 2.66. The number of alkyl halides is 3. The number of hydrogen-bond donors (Lipinski definition) is 0. The van der Waals surface area contributed by atoms with Gasteiger partial charge >= 0.3 is 122 Å². The number of pyridine rings is 1. The first-order valence-electron chi connectivity index (χ1n) is 6.13. The Morgan fingerprint density at radius 1 is 1.32 bits per heavy atom. The van der Waals surface area contributed by atoms with Crippen LogP contribution in [0.25, 0.3) is 5.65 Å². The zero-order valence-electron chi connectivity index (χ0n) is 10.3. The summed E-state index contributed by atoms with van der Waals surface area (Å²) in [4.78, 5) is 4.23. The van der Waals surface area contributed by atoms with Gasteiger partial charge in [0.25, 0.3) is 0 Å². The molecule has 0 N–H and O–H groups in total. The predicted molar refractivity (Wildman–Crippen MR) is 66.7 cm³/mol. The van der Waals surface area contributed by atoms with Crippen LogP contribution < -0.4 is 3.51 Å². The zero-order chi connectivity index (χ0) is 13.8. The summed E-state index contributed by atoms with van der Waals surface area (Å²) >= 11 is 1.28. The summed E-state index contributed by atoms with van der Waals surface area (Å²) in [6, 6.07) is 1.18. The second-order valence-electron chi connectivity index (χ2n) is 5.28. The molecule has 2 heterocycles. The molecular formula is C13H12F3N2Sb. The molecule has 2 aromatic heterocycles. The Bertz CT molecular complexity index is 627. The zero-order valence-corrected chi connectivity index (χ0v) is 12.8. The molecule has 19 heavy (non-hydrogen) atoms. The van der Waals surface area contributed by atoms with Gasteiger partial charge < -0.3 is 0 Å². The van der Waals surface area contributed by atoms with E-state index in [-0.39, 0.29) is 5.65 Å². The number of hydrogen-bond acceptors (Lipinski definition) is 1. The van der Waals surface area contributed by atoms with Gasteiger partial charge in [-0.2, -0.15) is 0 Å². The summed E-state index contributed by atoms with van der Waals surface area (Å²) in [5.41, 5.74) is 0.186. The second-order valence-corrected chi connectivity index (χ2v) is 6.75. The number of imidazole rings is 1. The fraction of sp³-hybridized carbons (Fsp3) is 0.462. The van der Waals surface area contributed by atoms with E-state index in [4.69, 9.17) is 0 Å². The fourth-order valence-corrected chi connectivity index (χ4v) is 3.38. The Morgan fingerprint density at radius 2 is 2.00 bits per heavy atom. The number of halogens is 3. The van der Waals surface area contributed by atoms with E-state index >= 15 is 0 Å². The Labute approximate surface area is 122 Å². The standard InChI is InChI=1S/C13H12F3N2.Sb/c1-8-5-9(6-8)11-7-18-4-2-3-10(12(18)17-11)13(14,15)16;/h3-4,7-9H,5-6H2,1H3;. The van der Waals surface area contributed by atoms with Crippen LogP contribution in [0.3, 0.4) is 0 Å². The van der Waals surface area contributed by atoms with Gasteiger partial charge in [-0.05, 0) is 0 Å². The van der Waals surface area contributed by atoms with Crippen molar-refractivity contribution in [3.8, 4) is 0 Å². The summed E-state index contributed by atoms with van der Waals surface area (Å²) in [7, 11) is 0. The number of aromatic nitrogens is 2. The molecule has 1 saturated carbocycles. The van der Waals surface area contributed by atoms with Crippen molar-refractivity contribution in [2.24, 2.45) is 5.92 Å². The Hall–Kier alpha value is -0.702. The van der Waals surface area contributed by atoms with Crippen molar-refractivity contribution < 1.29 is 13.2 Å². The molecule has 0 aliphatic heterocycles. The quantitative estimate of drug-likeness (QED) is 0.701. The van der Waals surface area contributed by atoms with E-state index < -0.39 is 11.7 Å². The second kappa shape index (κ2) is 4.40. The van der Waals surface area contributed by atoms with Crippen LogP contribution in [-0.4, -0.2) is 32.4 Å². The molecule has 1 aliphatic carbocycles. The van der Waals surface area contributed by atoms with Crippen LogP contribution in [0.5, 0.6) is 0 Å². The molecule has 2 radical (unpaired) electrons. The first-order valence-corrected chi connectivity index (χ1v) is 7.41. The number of nitrogens with zero attached hydrogens (tertiary/aromatic N) is 2.